The molecule has 29 heavy (non-hydrogen) atoms. The van der Waals surface area contributed by atoms with Crippen molar-refractivity contribution in [2.24, 2.45) is 0 Å². The molecule has 0 radical (unpaired) electrons. The molecule has 0 heterocycles. The third-order valence-electron chi connectivity index (χ3n) is 4.13. The summed E-state index contributed by atoms with van der Waals surface area (Å²) in [6.45, 7) is -0.489. The van der Waals surface area contributed by atoms with Gasteiger partial charge in [0, 0.05) is 5.56 Å². The molecule has 3 aromatic rings. The van der Waals surface area contributed by atoms with E-state index >= 15 is 0 Å². The maximum atomic E-state index is 12.9. The summed E-state index contributed by atoms with van der Waals surface area (Å²) < 4.78 is 18.0. The summed E-state index contributed by atoms with van der Waals surface area (Å²) in [4.78, 5) is 36.8. The van der Waals surface area contributed by atoms with Gasteiger partial charge in [0.2, 0.25) is 5.91 Å². The zero-order chi connectivity index (χ0) is 20.6. The number of carbonyl (C=O) groups is 3. The number of halogens is 1. The Hall–Kier alpha value is -3.80. The number of anilines is 1. The molecule has 6 heteroatoms. The van der Waals surface area contributed by atoms with Crippen molar-refractivity contribution in [3.63, 3.8) is 0 Å². The second kappa shape index (κ2) is 9.41. The van der Waals surface area contributed by atoms with E-state index in [-0.39, 0.29) is 23.5 Å². The van der Waals surface area contributed by atoms with Gasteiger partial charge in [-0.15, -0.1) is 0 Å². The van der Waals surface area contributed by atoms with Crippen molar-refractivity contribution < 1.29 is 23.5 Å². The monoisotopic (exact) mass is 391 g/mol. The molecule has 0 atom stereocenters. The number of rotatable bonds is 7. The van der Waals surface area contributed by atoms with Crippen LogP contribution in [-0.4, -0.2) is 24.3 Å². The average Bonchev–Trinajstić information content (AvgIpc) is 2.73. The van der Waals surface area contributed by atoms with Gasteiger partial charge in [-0.2, -0.15) is 0 Å². The van der Waals surface area contributed by atoms with Crippen molar-refractivity contribution in [3.8, 4) is 0 Å². The normalized spacial score (nSPS) is 10.2. The Kier molecular flexibility index (Phi) is 6.47. The largest absolute Gasteiger partial charge is 0.454 e. The first-order valence-corrected chi connectivity index (χ1v) is 8.91. The SMILES string of the molecule is O=C(Cc1ccccc1)Nc1ccccc1C(=O)OCC(=O)c1ccc(F)cc1. The Morgan fingerprint density at radius 1 is 0.828 bits per heavy atom. The molecular weight excluding hydrogens is 373 g/mol. The number of carbonyl (C=O) groups excluding carboxylic acids is 3. The van der Waals surface area contributed by atoms with Crippen LogP contribution < -0.4 is 5.32 Å². The highest BCUT2D eigenvalue weighted by Gasteiger charge is 2.16. The van der Waals surface area contributed by atoms with E-state index in [1.807, 2.05) is 30.3 Å². The molecule has 0 fully saturated rings. The molecule has 0 saturated heterocycles. The number of ketones is 1. The first-order valence-electron chi connectivity index (χ1n) is 8.91. The van der Waals surface area contributed by atoms with E-state index in [0.29, 0.717) is 5.69 Å². The summed E-state index contributed by atoms with van der Waals surface area (Å²) in [7, 11) is 0. The van der Waals surface area contributed by atoms with Crippen LogP contribution >= 0.6 is 0 Å². The van der Waals surface area contributed by atoms with Gasteiger partial charge < -0.3 is 10.1 Å². The standard InChI is InChI=1S/C23H18FNO4/c24-18-12-10-17(11-13-18)21(26)15-29-23(28)19-8-4-5-9-20(19)25-22(27)14-16-6-2-1-3-7-16/h1-13H,14-15H2,(H,25,27). The lowest BCUT2D eigenvalue weighted by molar-refractivity contribution is -0.115. The molecule has 0 saturated carbocycles. The topological polar surface area (TPSA) is 72.5 Å². The highest BCUT2D eigenvalue weighted by atomic mass is 19.1. The van der Waals surface area contributed by atoms with E-state index in [1.165, 1.54) is 18.2 Å². The van der Waals surface area contributed by atoms with Gasteiger partial charge in [0.25, 0.3) is 0 Å². The molecule has 0 spiro atoms. The van der Waals surface area contributed by atoms with Crippen molar-refractivity contribution in [2.45, 2.75) is 6.42 Å². The minimum absolute atomic E-state index is 0.140. The number of benzene rings is 3. The number of nitrogens with one attached hydrogen (secondary N) is 1. The van der Waals surface area contributed by atoms with E-state index < -0.39 is 24.2 Å². The summed E-state index contributed by atoms with van der Waals surface area (Å²) in [5.41, 5.74) is 1.52. The maximum Gasteiger partial charge on any atom is 0.340 e. The molecule has 0 aliphatic carbocycles. The van der Waals surface area contributed by atoms with Gasteiger partial charge in [0.1, 0.15) is 5.82 Å². The zero-order valence-corrected chi connectivity index (χ0v) is 15.4. The number of hydrogen-bond donors (Lipinski definition) is 1. The second-order valence-electron chi connectivity index (χ2n) is 6.26. The van der Waals surface area contributed by atoms with Crippen LogP contribution in [0, 0.1) is 5.82 Å². The van der Waals surface area contributed by atoms with E-state index in [1.54, 1.807) is 18.2 Å². The summed E-state index contributed by atoms with van der Waals surface area (Å²) in [6, 6.07) is 20.6. The lowest BCUT2D eigenvalue weighted by atomic mass is 10.1. The van der Waals surface area contributed by atoms with Crippen molar-refractivity contribution >= 4 is 23.3 Å². The predicted octanol–water partition coefficient (Wildman–Crippen LogP) is 4.05. The third-order valence-corrected chi connectivity index (χ3v) is 4.13. The summed E-state index contributed by atoms with van der Waals surface area (Å²) in [5.74, 6) is -1.93. The third kappa shape index (κ3) is 5.59. The van der Waals surface area contributed by atoms with Gasteiger partial charge in [-0.3, -0.25) is 9.59 Å². The highest BCUT2D eigenvalue weighted by Crippen LogP contribution is 2.17. The molecule has 3 aromatic carbocycles. The highest BCUT2D eigenvalue weighted by molar-refractivity contribution is 6.03. The molecule has 5 nitrogen and oxygen atoms in total. The Bertz CT molecular complexity index is 1020. The fraction of sp³-hybridized carbons (Fsp3) is 0.0870. The van der Waals surface area contributed by atoms with Crippen molar-refractivity contribution in [3.05, 3.63) is 101 Å². The van der Waals surface area contributed by atoms with Gasteiger partial charge in [-0.05, 0) is 42.0 Å². The fourth-order valence-electron chi connectivity index (χ4n) is 2.67. The number of ether oxygens (including phenoxy) is 1. The second-order valence-corrected chi connectivity index (χ2v) is 6.26. The van der Waals surface area contributed by atoms with Gasteiger partial charge in [0.05, 0.1) is 17.7 Å². The number of amides is 1. The maximum absolute atomic E-state index is 12.9. The lowest BCUT2D eigenvalue weighted by Gasteiger charge is -2.11. The van der Waals surface area contributed by atoms with Crippen LogP contribution in [0.15, 0.2) is 78.9 Å². The predicted molar refractivity (Wildman–Crippen MR) is 106 cm³/mol. The van der Waals surface area contributed by atoms with Crippen LogP contribution in [0.2, 0.25) is 0 Å². The summed E-state index contributed by atoms with van der Waals surface area (Å²) in [5, 5.41) is 2.70. The van der Waals surface area contributed by atoms with E-state index in [2.05, 4.69) is 5.32 Å². The first kappa shape index (κ1) is 19.9. The van der Waals surface area contributed by atoms with Crippen LogP contribution in [0.4, 0.5) is 10.1 Å². The lowest BCUT2D eigenvalue weighted by Crippen LogP contribution is -2.19. The molecule has 146 valence electrons. The smallest absolute Gasteiger partial charge is 0.340 e. The number of para-hydroxylation sites is 1. The van der Waals surface area contributed by atoms with Crippen LogP contribution in [0.3, 0.4) is 0 Å². The number of hydrogen-bond acceptors (Lipinski definition) is 4. The molecule has 1 amide bonds. The number of Topliss-reactive ketones (excluding diaryl/α,β-unsaturated/α-hetero) is 1. The van der Waals surface area contributed by atoms with Crippen LogP contribution in [0.25, 0.3) is 0 Å². The van der Waals surface area contributed by atoms with E-state index in [0.717, 1.165) is 17.7 Å². The Balaban J connectivity index is 1.63. The zero-order valence-electron chi connectivity index (χ0n) is 15.4. The molecule has 0 aromatic heterocycles. The van der Waals surface area contributed by atoms with Crippen molar-refractivity contribution in [2.75, 3.05) is 11.9 Å². The van der Waals surface area contributed by atoms with Gasteiger partial charge in [0.15, 0.2) is 12.4 Å². The van der Waals surface area contributed by atoms with Crippen LogP contribution in [0.5, 0.6) is 0 Å². The Labute approximate surface area is 167 Å². The first-order chi connectivity index (χ1) is 14.0. The Morgan fingerprint density at radius 2 is 1.48 bits per heavy atom. The van der Waals surface area contributed by atoms with Gasteiger partial charge >= 0.3 is 5.97 Å². The quantitative estimate of drug-likeness (QED) is 0.487. The van der Waals surface area contributed by atoms with Gasteiger partial charge in [-0.25, -0.2) is 9.18 Å². The van der Waals surface area contributed by atoms with Crippen molar-refractivity contribution in [1.82, 2.24) is 0 Å². The molecule has 1 N–H and O–H groups in total. The Morgan fingerprint density at radius 3 is 2.21 bits per heavy atom. The average molecular weight is 391 g/mol. The van der Waals surface area contributed by atoms with E-state index in [9.17, 15) is 18.8 Å². The minimum atomic E-state index is -0.740. The number of esters is 1. The fourth-order valence-corrected chi connectivity index (χ4v) is 2.67. The molecule has 3 rings (SSSR count). The molecule has 0 aliphatic rings. The van der Waals surface area contributed by atoms with Crippen LogP contribution in [0.1, 0.15) is 26.3 Å². The van der Waals surface area contributed by atoms with Crippen LogP contribution in [-0.2, 0) is 16.0 Å². The van der Waals surface area contributed by atoms with Gasteiger partial charge in [-0.1, -0.05) is 42.5 Å². The summed E-state index contributed by atoms with van der Waals surface area (Å²) >= 11 is 0. The summed E-state index contributed by atoms with van der Waals surface area (Å²) in [6.07, 6.45) is 0.160. The minimum Gasteiger partial charge on any atom is -0.454 e. The van der Waals surface area contributed by atoms with Crippen molar-refractivity contribution in [1.29, 1.82) is 0 Å². The molecule has 0 bridgehead atoms. The molecule has 0 unspecified atom stereocenters. The molecule has 0 aliphatic heterocycles. The molecular formula is C23H18FNO4. The van der Waals surface area contributed by atoms with E-state index in [4.69, 9.17) is 4.74 Å².